The molecule has 0 heterocycles. The number of aliphatic hydroxyl groups excluding tert-OH is 10. The fourth-order valence-corrected chi connectivity index (χ4v) is 9.32. The Labute approximate surface area is 522 Å². The van der Waals surface area contributed by atoms with E-state index in [0.717, 1.165) is 70.1 Å². The van der Waals surface area contributed by atoms with Gasteiger partial charge in [0.1, 0.15) is 48.8 Å². The van der Waals surface area contributed by atoms with Gasteiger partial charge < -0.3 is 66.4 Å². The van der Waals surface area contributed by atoms with E-state index in [4.69, 9.17) is 66.4 Å². The van der Waals surface area contributed by atoms with Gasteiger partial charge in [-0.25, -0.2) is 0 Å². The van der Waals surface area contributed by atoms with Crippen molar-refractivity contribution in [2.75, 3.05) is 13.2 Å². The molecule has 86 heavy (non-hydrogen) atoms. The van der Waals surface area contributed by atoms with Gasteiger partial charge in [0.2, 0.25) is 0 Å². The van der Waals surface area contributed by atoms with Crippen LogP contribution in [0.5, 0.6) is 0 Å². The van der Waals surface area contributed by atoms with Gasteiger partial charge in [0.25, 0.3) is 0 Å². The van der Waals surface area contributed by atoms with Crippen LogP contribution >= 0.6 is 0 Å². The quantitative estimate of drug-likeness (QED) is 0.0252. The summed E-state index contributed by atoms with van der Waals surface area (Å²) in [5.41, 5.74) is 0. The molecule has 0 saturated carbocycles. The van der Waals surface area contributed by atoms with Crippen LogP contribution in [-0.4, -0.2) is 158 Å². The summed E-state index contributed by atoms with van der Waals surface area (Å²) in [5, 5.41) is 114. The third kappa shape index (κ3) is 73.8. The van der Waals surface area contributed by atoms with Crippen LogP contribution in [0.3, 0.4) is 0 Å². The van der Waals surface area contributed by atoms with Gasteiger partial charge in [0, 0.05) is 19.3 Å². The third-order valence-electron chi connectivity index (χ3n) is 15.1. The van der Waals surface area contributed by atoms with E-state index in [1.54, 1.807) is 0 Å². The van der Waals surface area contributed by atoms with Gasteiger partial charge in [-0.1, -0.05) is 273 Å². The standard InChI is InChI=1S/3C18H36O2.2C7H14O6/c3*1-17(2)15-13-11-9-7-5-3-4-6-8-10-12-14-16-18(19)20;2*1-3(9)5(11)7(13)6(12)4(10)2-8/h3*17H,3-16H2,1-2H3,(H,19,20);2*4-8,10-13H,2H2,1H3/t;;;2*4-,5+,6-,7-/m...11/s1. The van der Waals surface area contributed by atoms with Gasteiger partial charge in [-0.3, -0.25) is 24.0 Å². The number of carbonyl (C=O) groups excluding carboxylic acids is 2. The average molecular weight is 1240 g/mol. The molecule has 0 unspecified atom stereocenters. The van der Waals surface area contributed by atoms with Crippen LogP contribution in [0, 0.1) is 17.8 Å². The smallest absolute Gasteiger partial charge is 0.303 e. The molecule has 0 bridgehead atoms. The first kappa shape index (κ1) is 92.1. The van der Waals surface area contributed by atoms with Crippen molar-refractivity contribution in [2.45, 2.75) is 374 Å². The minimum Gasteiger partial charge on any atom is -0.481 e. The fourth-order valence-electron chi connectivity index (χ4n) is 9.32. The topological polar surface area (TPSA) is 348 Å². The fraction of sp³-hybridized carbons (Fsp3) is 0.926. The molecule has 0 rings (SSSR count). The molecule has 0 radical (unpaired) electrons. The van der Waals surface area contributed by atoms with Crippen LogP contribution < -0.4 is 0 Å². The Hall–Kier alpha value is -2.65. The molecule has 0 aromatic carbocycles. The molecule has 13 N–H and O–H groups in total. The zero-order valence-electron chi connectivity index (χ0n) is 55.8. The maximum absolute atomic E-state index is 10.5. The van der Waals surface area contributed by atoms with Crippen LogP contribution in [0.25, 0.3) is 0 Å². The summed E-state index contributed by atoms with van der Waals surface area (Å²) in [5.74, 6) is -0.815. The summed E-state index contributed by atoms with van der Waals surface area (Å²) in [6, 6.07) is 0. The van der Waals surface area contributed by atoms with Crippen molar-refractivity contribution in [3.05, 3.63) is 0 Å². The van der Waals surface area contributed by atoms with Crippen molar-refractivity contribution < 1.29 is 90.4 Å². The lowest BCUT2D eigenvalue weighted by atomic mass is 10.0. The van der Waals surface area contributed by atoms with Crippen molar-refractivity contribution >= 4 is 29.5 Å². The maximum atomic E-state index is 10.5. The average Bonchev–Trinajstić information content (AvgIpc) is 3.56. The van der Waals surface area contributed by atoms with Crippen LogP contribution in [0.15, 0.2) is 0 Å². The number of aliphatic carboxylic acids is 3. The Bertz CT molecular complexity index is 1330. The predicted molar refractivity (Wildman–Crippen MR) is 345 cm³/mol. The lowest BCUT2D eigenvalue weighted by Gasteiger charge is -2.23. The van der Waals surface area contributed by atoms with E-state index in [1.807, 2.05) is 0 Å². The van der Waals surface area contributed by atoms with Crippen LogP contribution in [0.2, 0.25) is 0 Å². The molecule has 0 spiro atoms. The Morgan fingerprint density at radius 2 is 0.407 bits per heavy atom. The molecule has 18 nitrogen and oxygen atoms in total. The van der Waals surface area contributed by atoms with E-state index in [-0.39, 0.29) is 0 Å². The molecule has 0 aliphatic rings. The monoisotopic (exact) mass is 1240 g/mol. The highest BCUT2D eigenvalue weighted by atomic mass is 16.4. The Morgan fingerprint density at radius 3 is 0.535 bits per heavy atom. The first-order valence-electron chi connectivity index (χ1n) is 34.0. The van der Waals surface area contributed by atoms with Gasteiger partial charge in [0.05, 0.1) is 13.2 Å². The van der Waals surface area contributed by atoms with Crippen LogP contribution in [0.4, 0.5) is 0 Å². The minimum absolute atomic E-state index is 0.344. The second kappa shape index (κ2) is 68.3. The SMILES string of the molecule is CC(=O)[C@H](O)[C@@H](O)[C@H](O)[C@H](O)CO.CC(=O)[C@H](O)[C@@H](O)[C@H](O)[C@H](O)CO.CC(C)CCCCCCCCCCCCCCC(=O)O.CC(C)CCCCCCCCCCCCCCC(=O)O.CC(C)CCCCCCCCCCCCCCC(=O)O. The van der Waals surface area contributed by atoms with Crippen molar-refractivity contribution in [2.24, 2.45) is 17.8 Å². The summed E-state index contributed by atoms with van der Waals surface area (Å²) in [4.78, 5) is 52.1. The van der Waals surface area contributed by atoms with Crippen LogP contribution in [0.1, 0.15) is 325 Å². The lowest BCUT2D eigenvalue weighted by Crippen LogP contribution is -2.48. The molecule has 0 fully saturated rings. The highest BCUT2D eigenvalue weighted by Gasteiger charge is 2.33. The summed E-state index contributed by atoms with van der Waals surface area (Å²) >= 11 is 0. The molecule has 18 heteroatoms. The zero-order chi connectivity index (χ0) is 66.4. The molecule has 0 aromatic rings. The second-order valence-electron chi connectivity index (χ2n) is 25.3. The van der Waals surface area contributed by atoms with Gasteiger partial charge in [-0.2, -0.15) is 0 Å². The normalized spacial score (nSPS) is 14.0. The minimum atomic E-state index is -1.79. The van der Waals surface area contributed by atoms with Gasteiger partial charge >= 0.3 is 17.9 Å². The Morgan fingerprint density at radius 1 is 0.256 bits per heavy atom. The van der Waals surface area contributed by atoms with Crippen molar-refractivity contribution in [1.29, 1.82) is 0 Å². The largest absolute Gasteiger partial charge is 0.481 e. The number of ketones is 2. The molecular weight excluding hydrogens is 1100 g/mol. The number of unbranched alkanes of at least 4 members (excludes halogenated alkanes) is 33. The Kier molecular flexibility index (Phi) is 73.1. The van der Waals surface area contributed by atoms with E-state index in [2.05, 4.69) is 41.5 Å². The molecule has 0 saturated heterocycles. The van der Waals surface area contributed by atoms with Gasteiger partial charge in [-0.05, 0) is 50.9 Å². The van der Waals surface area contributed by atoms with Gasteiger partial charge in [0.15, 0.2) is 11.6 Å². The first-order chi connectivity index (χ1) is 40.7. The van der Waals surface area contributed by atoms with Gasteiger partial charge in [-0.15, -0.1) is 0 Å². The molecule has 0 amide bonds. The predicted octanol–water partition coefficient (Wildman–Crippen LogP) is 12.6. The number of carboxylic acids is 3. The number of rotatable bonds is 55. The number of hydrogen-bond acceptors (Lipinski definition) is 15. The van der Waals surface area contributed by atoms with E-state index in [0.29, 0.717) is 19.3 Å². The summed E-state index contributed by atoms with van der Waals surface area (Å²) in [6.45, 7) is 14.4. The highest BCUT2D eigenvalue weighted by Crippen LogP contribution is 2.18. The highest BCUT2D eigenvalue weighted by molar-refractivity contribution is 5.81. The maximum Gasteiger partial charge on any atom is 0.303 e. The number of carboxylic acid groups (broad SMARTS) is 3. The van der Waals surface area contributed by atoms with Crippen LogP contribution in [-0.2, 0) is 24.0 Å². The number of hydrogen-bond donors (Lipinski definition) is 13. The molecule has 8 atom stereocenters. The van der Waals surface area contributed by atoms with E-state index >= 15 is 0 Å². The second-order valence-corrected chi connectivity index (χ2v) is 25.3. The van der Waals surface area contributed by atoms with Crippen molar-refractivity contribution in [3.63, 3.8) is 0 Å². The van der Waals surface area contributed by atoms with Crippen molar-refractivity contribution in [3.8, 4) is 0 Å². The summed E-state index contributed by atoms with van der Waals surface area (Å²) in [6.07, 6.45) is 38.2. The lowest BCUT2D eigenvalue weighted by molar-refractivity contribution is -0.145. The van der Waals surface area contributed by atoms with Crippen molar-refractivity contribution in [1.82, 2.24) is 0 Å². The van der Waals surface area contributed by atoms with E-state index in [1.165, 1.54) is 212 Å². The molecule has 516 valence electrons. The number of aliphatic hydroxyl groups is 10. The Balaban J connectivity index is -0.000000322. The summed E-state index contributed by atoms with van der Waals surface area (Å²) < 4.78 is 0. The first-order valence-corrected chi connectivity index (χ1v) is 34.0. The zero-order valence-corrected chi connectivity index (χ0v) is 55.8. The summed E-state index contributed by atoms with van der Waals surface area (Å²) in [7, 11) is 0. The number of Topliss-reactive ketones (excluding diaryl/α,β-unsaturated/α-hetero) is 2. The van der Waals surface area contributed by atoms with E-state index in [9.17, 15) is 24.0 Å². The third-order valence-corrected chi connectivity index (χ3v) is 15.1. The molecule has 0 aliphatic heterocycles. The molecular formula is C68H136O18. The van der Waals surface area contributed by atoms with E-state index < -0.39 is 91.5 Å². The molecule has 0 aromatic heterocycles. The number of carbonyl (C=O) groups is 5. The molecule has 0 aliphatic carbocycles.